The molecule has 0 saturated carbocycles. The molecule has 0 aromatic carbocycles. The van der Waals surface area contributed by atoms with Crippen LogP contribution in [0.25, 0.3) is 0 Å². The Morgan fingerprint density at radius 1 is 1.27 bits per heavy atom. The summed E-state index contributed by atoms with van der Waals surface area (Å²) in [6, 6.07) is 0. The van der Waals surface area contributed by atoms with Gasteiger partial charge in [0.2, 0.25) is 0 Å². The van der Waals surface area contributed by atoms with Crippen LogP contribution < -0.4 is 0 Å². The van der Waals surface area contributed by atoms with Crippen molar-refractivity contribution < 1.29 is 43.5 Å². The Bertz CT molecular complexity index is 837. The number of ether oxygens (including phenoxy) is 4. The van der Waals surface area contributed by atoms with Gasteiger partial charge < -0.3 is 29.2 Å². The zero-order valence-corrected chi connectivity index (χ0v) is 17.8. The van der Waals surface area contributed by atoms with Crippen molar-refractivity contribution in [1.29, 1.82) is 0 Å². The van der Waals surface area contributed by atoms with Crippen LogP contribution >= 0.6 is 0 Å². The first-order chi connectivity index (χ1) is 13.8. The van der Waals surface area contributed by atoms with Gasteiger partial charge in [-0.3, -0.25) is 9.59 Å². The summed E-state index contributed by atoms with van der Waals surface area (Å²) in [7, 11) is 0. The van der Waals surface area contributed by atoms with E-state index >= 15 is 0 Å². The molecule has 0 unspecified atom stereocenters. The quantitative estimate of drug-likeness (QED) is 0.506. The number of carbonyl (C=O) groups excluding carboxylic acids is 3. The summed E-state index contributed by atoms with van der Waals surface area (Å²) >= 11 is 0. The lowest BCUT2D eigenvalue weighted by molar-refractivity contribution is -0.298. The van der Waals surface area contributed by atoms with Gasteiger partial charge in [0.1, 0.15) is 24.1 Å². The second-order valence-corrected chi connectivity index (χ2v) is 8.83. The minimum Gasteiger partial charge on any atom is -0.461 e. The lowest BCUT2D eigenvalue weighted by atomic mass is 9.82. The molecule has 3 aliphatic heterocycles. The largest absolute Gasteiger partial charge is 0.461 e. The Morgan fingerprint density at radius 2 is 1.93 bits per heavy atom. The Hall–Kier alpha value is -2.23. The van der Waals surface area contributed by atoms with Crippen LogP contribution in [-0.2, 0) is 33.3 Å². The summed E-state index contributed by atoms with van der Waals surface area (Å²) in [6.45, 7) is 7.22. The van der Waals surface area contributed by atoms with Crippen LogP contribution in [0.15, 0.2) is 23.0 Å². The van der Waals surface area contributed by atoms with Crippen LogP contribution in [0.3, 0.4) is 0 Å². The maximum atomic E-state index is 12.6. The Labute approximate surface area is 174 Å². The summed E-state index contributed by atoms with van der Waals surface area (Å²) in [5, 5.41) is 22.2. The zero-order valence-electron chi connectivity index (χ0n) is 17.8. The predicted octanol–water partition coefficient (Wildman–Crippen LogP) is 1.27. The topological polar surface area (TPSA) is 129 Å². The standard InChI is InChI=1S/C21H28O9/c1-11(2)17(23)28-15-9-20(5,25)21(26)7-6-19(4,30-21)8-14-16(15)13(18(24)29-14)10-27-12(3)22/h8,11,15,25-26H,6-7,9-10H2,1-5H3/b14-8+/t15-,19+,20+,21-/m1/s1. The third-order valence-electron chi connectivity index (χ3n) is 5.73. The minimum absolute atomic E-state index is 0.0159. The molecule has 3 heterocycles. The first-order valence-corrected chi connectivity index (χ1v) is 9.94. The predicted molar refractivity (Wildman–Crippen MR) is 101 cm³/mol. The van der Waals surface area contributed by atoms with Gasteiger partial charge in [0, 0.05) is 25.3 Å². The van der Waals surface area contributed by atoms with Gasteiger partial charge in [0.15, 0.2) is 5.79 Å². The molecule has 0 aromatic rings. The summed E-state index contributed by atoms with van der Waals surface area (Å²) in [5.74, 6) is -4.15. The molecule has 3 aliphatic rings. The molecule has 1 fully saturated rings. The van der Waals surface area contributed by atoms with E-state index in [1.54, 1.807) is 20.8 Å². The van der Waals surface area contributed by atoms with E-state index in [1.807, 2.05) is 0 Å². The van der Waals surface area contributed by atoms with E-state index in [0.29, 0.717) is 6.42 Å². The maximum absolute atomic E-state index is 12.6. The minimum atomic E-state index is -1.89. The number of hydrogen-bond donors (Lipinski definition) is 2. The van der Waals surface area contributed by atoms with Crippen molar-refractivity contribution in [3.63, 3.8) is 0 Å². The lowest BCUT2D eigenvalue weighted by Gasteiger charge is -2.40. The van der Waals surface area contributed by atoms with Gasteiger partial charge in [-0.25, -0.2) is 4.79 Å². The van der Waals surface area contributed by atoms with E-state index in [-0.39, 0.29) is 36.4 Å². The second kappa shape index (κ2) is 7.47. The van der Waals surface area contributed by atoms with Crippen LogP contribution in [0, 0.1) is 5.92 Å². The Kier molecular flexibility index (Phi) is 5.59. The highest BCUT2D eigenvalue weighted by atomic mass is 16.7. The molecule has 30 heavy (non-hydrogen) atoms. The fraction of sp³-hybridized carbons (Fsp3) is 0.667. The van der Waals surface area contributed by atoms with Crippen molar-refractivity contribution in [2.24, 2.45) is 5.92 Å². The second-order valence-electron chi connectivity index (χ2n) is 8.83. The highest BCUT2D eigenvalue weighted by molar-refractivity contribution is 5.95. The summed E-state index contributed by atoms with van der Waals surface area (Å²) in [5.41, 5.74) is -2.63. The van der Waals surface area contributed by atoms with E-state index < -0.39 is 46.9 Å². The smallest absolute Gasteiger partial charge is 0.343 e. The first kappa shape index (κ1) is 22.5. The molecule has 166 valence electrons. The van der Waals surface area contributed by atoms with Gasteiger partial charge in [0.05, 0.1) is 17.1 Å². The molecule has 9 heteroatoms. The number of fused-ring (bicyclic) bond motifs is 3. The van der Waals surface area contributed by atoms with Crippen LogP contribution in [0.4, 0.5) is 0 Å². The molecular formula is C21H28O9. The summed E-state index contributed by atoms with van der Waals surface area (Å²) < 4.78 is 21.9. The molecule has 3 rings (SSSR count). The first-order valence-electron chi connectivity index (χ1n) is 9.94. The molecule has 9 nitrogen and oxygen atoms in total. The SMILES string of the molecule is CC(=O)OCC1=C2/C(=C\[C@]3(C)CC[C@@](O)(O3)[C@@](C)(O)C[C@H]2OC(=O)C(C)C)OC1=O. The number of rotatable bonds is 4. The third-order valence-corrected chi connectivity index (χ3v) is 5.73. The van der Waals surface area contributed by atoms with Gasteiger partial charge >= 0.3 is 17.9 Å². The Balaban J connectivity index is 2.16. The number of aliphatic hydroxyl groups is 2. The van der Waals surface area contributed by atoms with Crippen molar-refractivity contribution in [3.05, 3.63) is 23.0 Å². The van der Waals surface area contributed by atoms with Gasteiger partial charge in [-0.2, -0.15) is 0 Å². The molecule has 0 amide bonds. The van der Waals surface area contributed by atoms with E-state index in [0.717, 1.165) is 0 Å². The Morgan fingerprint density at radius 3 is 2.53 bits per heavy atom. The molecule has 2 N–H and O–H groups in total. The van der Waals surface area contributed by atoms with E-state index in [1.165, 1.54) is 19.9 Å². The molecule has 0 aromatic heterocycles. The van der Waals surface area contributed by atoms with Gasteiger partial charge in [0.25, 0.3) is 0 Å². The van der Waals surface area contributed by atoms with Crippen molar-refractivity contribution in [2.75, 3.05) is 6.61 Å². The monoisotopic (exact) mass is 424 g/mol. The van der Waals surface area contributed by atoms with Crippen LogP contribution in [0.2, 0.25) is 0 Å². The highest BCUT2D eigenvalue weighted by Gasteiger charge is 2.58. The maximum Gasteiger partial charge on any atom is 0.343 e. The van der Waals surface area contributed by atoms with Crippen LogP contribution in [-0.4, -0.2) is 57.8 Å². The summed E-state index contributed by atoms with van der Waals surface area (Å²) in [4.78, 5) is 36.3. The van der Waals surface area contributed by atoms with Crippen molar-refractivity contribution in [1.82, 2.24) is 0 Å². The van der Waals surface area contributed by atoms with Crippen molar-refractivity contribution >= 4 is 17.9 Å². The number of hydrogen-bond acceptors (Lipinski definition) is 9. The molecule has 1 saturated heterocycles. The fourth-order valence-electron chi connectivity index (χ4n) is 3.91. The average molecular weight is 424 g/mol. The van der Waals surface area contributed by atoms with Gasteiger partial charge in [-0.15, -0.1) is 0 Å². The zero-order chi connectivity index (χ0) is 22.5. The van der Waals surface area contributed by atoms with E-state index in [4.69, 9.17) is 18.9 Å². The fourth-order valence-corrected chi connectivity index (χ4v) is 3.91. The molecular weight excluding hydrogens is 396 g/mol. The number of carbonyl (C=O) groups is 3. The van der Waals surface area contributed by atoms with E-state index in [9.17, 15) is 24.6 Å². The highest BCUT2D eigenvalue weighted by Crippen LogP contribution is 2.49. The molecule has 4 atom stereocenters. The third kappa shape index (κ3) is 4.01. The van der Waals surface area contributed by atoms with Crippen LogP contribution in [0.1, 0.15) is 53.9 Å². The normalized spacial score (nSPS) is 37.5. The van der Waals surface area contributed by atoms with Crippen molar-refractivity contribution in [3.8, 4) is 0 Å². The van der Waals surface area contributed by atoms with Crippen molar-refractivity contribution in [2.45, 2.75) is 77.0 Å². The van der Waals surface area contributed by atoms with Gasteiger partial charge in [-0.1, -0.05) is 13.8 Å². The number of esters is 3. The van der Waals surface area contributed by atoms with Gasteiger partial charge in [-0.05, 0) is 26.3 Å². The van der Waals surface area contributed by atoms with Crippen LogP contribution in [0.5, 0.6) is 0 Å². The average Bonchev–Trinajstić information content (AvgIpc) is 3.09. The molecule has 0 aliphatic carbocycles. The van der Waals surface area contributed by atoms with E-state index in [2.05, 4.69) is 0 Å². The lowest BCUT2D eigenvalue weighted by Crippen LogP contribution is -2.54. The molecule has 2 bridgehead atoms. The molecule has 0 radical (unpaired) electrons. The summed E-state index contributed by atoms with van der Waals surface area (Å²) in [6.07, 6.45) is 0.651. The molecule has 0 spiro atoms.